The zero-order chi connectivity index (χ0) is 14.1. The minimum absolute atomic E-state index is 0.0757. The Hall–Kier alpha value is -1.47. The topological polar surface area (TPSA) is 91.3 Å². The Morgan fingerprint density at radius 3 is 2.90 bits per heavy atom. The summed E-state index contributed by atoms with van der Waals surface area (Å²) in [6.45, 7) is 0.136. The van der Waals surface area contributed by atoms with Gasteiger partial charge in [0.05, 0.1) is 12.5 Å². The number of amides is 1. The third-order valence-corrected chi connectivity index (χ3v) is 5.07. The molecule has 0 saturated heterocycles. The van der Waals surface area contributed by atoms with Gasteiger partial charge in [-0.15, -0.1) is 11.3 Å². The van der Waals surface area contributed by atoms with Crippen molar-refractivity contribution >= 4 is 28.3 Å². The molecule has 20 heavy (non-hydrogen) atoms. The summed E-state index contributed by atoms with van der Waals surface area (Å²) < 4.78 is 0. The van der Waals surface area contributed by atoms with E-state index in [0.29, 0.717) is 11.0 Å². The first-order chi connectivity index (χ1) is 9.65. The number of fused-ring (bicyclic) bond motifs is 2. The van der Waals surface area contributed by atoms with Crippen LogP contribution in [0.3, 0.4) is 0 Å². The summed E-state index contributed by atoms with van der Waals surface area (Å²) in [5.41, 5.74) is 0. The average Bonchev–Trinajstić information content (AvgIpc) is 3.11. The van der Waals surface area contributed by atoms with Gasteiger partial charge in [-0.1, -0.05) is 0 Å². The van der Waals surface area contributed by atoms with Crippen molar-refractivity contribution in [3.05, 3.63) is 11.6 Å². The lowest BCUT2D eigenvalue weighted by Gasteiger charge is -2.28. The molecule has 1 amide bonds. The second-order valence-electron chi connectivity index (χ2n) is 5.49. The molecule has 0 aliphatic heterocycles. The predicted molar refractivity (Wildman–Crippen MR) is 74.5 cm³/mol. The summed E-state index contributed by atoms with van der Waals surface area (Å²) in [6.07, 6.45) is 4.68. The van der Waals surface area contributed by atoms with Gasteiger partial charge in [0.15, 0.2) is 5.13 Å². The molecule has 3 N–H and O–H groups in total. The zero-order valence-corrected chi connectivity index (χ0v) is 11.7. The molecule has 2 bridgehead atoms. The van der Waals surface area contributed by atoms with E-state index in [9.17, 15) is 14.7 Å². The van der Waals surface area contributed by atoms with Crippen molar-refractivity contribution in [2.24, 2.45) is 17.8 Å². The molecule has 108 valence electrons. The first-order valence-corrected chi connectivity index (χ1v) is 7.68. The molecule has 0 aromatic carbocycles. The van der Waals surface area contributed by atoms with Crippen LogP contribution >= 0.6 is 11.3 Å². The van der Waals surface area contributed by atoms with Gasteiger partial charge in [0.25, 0.3) is 0 Å². The van der Waals surface area contributed by atoms with Crippen LogP contribution in [0.25, 0.3) is 0 Å². The normalized spacial score (nSPS) is 31.4. The SMILES string of the molecule is O=C(CNC1C2CCC(C2)C1C(=O)O)Nc1nccs1. The van der Waals surface area contributed by atoms with E-state index in [2.05, 4.69) is 15.6 Å². The van der Waals surface area contributed by atoms with Gasteiger partial charge in [0.1, 0.15) is 0 Å². The lowest BCUT2D eigenvalue weighted by atomic mass is 9.84. The van der Waals surface area contributed by atoms with Gasteiger partial charge >= 0.3 is 5.97 Å². The van der Waals surface area contributed by atoms with E-state index in [4.69, 9.17) is 0 Å². The molecule has 2 saturated carbocycles. The van der Waals surface area contributed by atoms with E-state index in [1.165, 1.54) is 11.3 Å². The summed E-state index contributed by atoms with van der Waals surface area (Å²) in [4.78, 5) is 27.1. The molecular formula is C13H17N3O3S. The number of hydrogen-bond acceptors (Lipinski definition) is 5. The van der Waals surface area contributed by atoms with E-state index in [0.717, 1.165) is 19.3 Å². The van der Waals surface area contributed by atoms with Gasteiger partial charge < -0.3 is 15.7 Å². The Bertz CT molecular complexity index is 505. The fourth-order valence-corrected chi connectivity index (χ4v) is 4.14. The number of aromatic nitrogens is 1. The number of carbonyl (C=O) groups is 2. The number of nitrogens with zero attached hydrogens (tertiary/aromatic N) is 1. The smallest absolute Gasteiger partial charge is 0.308 e. The fraction of sp³-hybridized carbons (Fsp3) is 0.615. The fourth-order valence-electron chi connectivity index (χ4n) is 3.60. The maximum absolute atomic E-state index is 11.8. The van der Waals surface area contributed by atoms with Gasteiger partial charge in [-0.05, 0) is 31.1 Å². The summed E-state index contributed by atoms with van der Waals surface area (Å²) in [5.74, 6) is -0.589. The molecule has 1 heterocycles. The van der Waals surface area contributed by atoms with Crippen molar-refractivity contribution in [1.82, 2.24) is 10.3 Å². The van der Waals surface area contributed by atoms with Gasteiger partial charge in [0.2, 0.25) is 5.91 Å². The first kappa shape index (κ1) is 13.5. The van der Waals surface area contributed by atoms with E-state index in [1.807, 2.05) is 0 Å². The molecule has 2 aliphatic rings. The van der Waals surface area contributed by atoms with Crippen LogP contribution in [-0.4, -0.2) is 34.6 Å². The van der Waals surface area contributed by atoms with Crippen molar-refractivity contribution < 1.29 is 14.7 Å². The number of aliphatic carboxylic acids is 1. The Morgan fingerprint density at radius 1 is 1.40 bits per heavy atom. The van der Waals surface area contributed by atoms with Crippen LogP contribution < -0.4 is 10.6 Å². The van der Waals surface area contributed by atoms with Crippen LogP contribution in [0.15, 0.2) is 11.6 Å². The van der Waals surface area contributed by atoms with Crippen molar-refractivity contribution in [3.63, 3.8) is 0 Å². The van der Waals surface area contributed by atoms with Crippen LogP contribution in [-0.2, 0) is 9.59 Å². The van der Waals surface area contributed by atoms with Crippen molar-refractivity contribution in [1.29, 1.82) is 0 Å². The first-order valence-electron chi connectivity index (χ1n) is 6.80. The standard InChI is InChI=1S/C13H17N3O3S/c17-9(16-13-14-3-4-20-13)6-15-11-8-2-1-7(5-8)10(11)12(18)19/h3-4,7-8,10-11,15H,1-2,5-6H2,(H,18,19)(H,14,16,17). The summed E-state index contributed by atoms with van der Waals surface area (Å²) in [7, 11) is 0. The Balaban J connectivity index is 1.55. The van der Waals surface area contributed by atoms with Crippen molar-refractivity contribution in [2.45, 2.75) is 25.3 Å². The number of rotatable bonds is 5. The predicted octanol–water partition coefficient (Wildman–Crippen LogP) is 1.17. The number of carbonyl (C=O) groups excluding carboxylic acids is 1. The van der Waals surface area contributed by atoms with E-state index in [-0.39, 0.29) is 30.3 Å². The number of thiazole rings is 1. The van der Waals surface area contributed by atoms with Gasteiger partial charge in [-0.2, -0.15) is 0 Å². The van der Waals surface area contributed by atoms with Crippen LogP contribution in [0.4, 0.5) is 5.13 Å². The minimum atomic E-state index is -0.741. The summed E-state index contributed by atoms with van der Waals surface area (Å²) in [6, 6.07) is -0.0757. The second-order valence-corrected chi connectivity index (χ2v) is 6.38. The van der Waals surface area contributed by atoms with Crippen LogP contribution in [0.2, 0.25) is 0 Å². The van der Waals surface area contributed by atoms with Crippen LogP contribution in [0, 0.1) is 17.8 Å². The molecule has 6 nitrogen and oxygen atoms in total. The molecule has 2 fully saturated rings. The molecule has 1 aromatic rings. The molecule has 0 radical (unpaired) electrons. The number of carboxylic acids is 1. The highest BCUT2D eigenvalue weighted by molar-refractivity contribution is 7.13. The third kappa shape index (κ3) is 2.55. The van der Waals surface area contributed by atoms with Crippen molar-refractivity contribution in [3.8, 4) is 0 Å². The van der Waals surface area contributed by atoms with Crippen LogP contribution in [0.5, 0.6) is 0 Å². The van der Waals surface area contributed by atoms with E-state index in [1.54, 1.807) is 11.6 Å². The van der Waals surface area contributed by atoms with Gasteiger partial charge in [0, 0.05) is 17.6 Å². The molecule has 7 heteroatoms. The number of anilines is 1. The molecule has 1 aromatic heterocycles. The zero-order valence-electron chi connectivity index (χ0n) is 10.9. The average molecular weight is 295 g/mol. The Morgan fingerprint density at radius 2 is 2.20 bits per heavy atom. The van der Waals surface area contributed by atoms with E-state index >= 15 is 0 Å². The minimum Gasteiger partial charge on any atom is -0.481 e. The number of carboxylic acid groups (broad SMARTS) is 1. The largest absolute Gasteiger partial charge is 0.481 e. The summed E-state index contributed by atoms with van der Waals surface area (Å²) in [5, 5.41) is 17.5. The number of nitrogens with one attached hydrogen (secondary N) is 2. The molecule has 0 spiro atoms. The highest BCUT2D eigenvalue weighted by Crippen LogP contribution is 2.48. The maximum Gasteiger partial charge on any atom is 0.308 e. The summed E-state index contributed by atoms with van der Waals surface area (Å²) >= 11 is 1.36. The monoisotopic (exact) mass is 295 g/mol. The number of hydrogen-bond donors (Lipinski definition) is 3. The van der Waals surface area contributed by atoms with Gasteiger partial charge in [-0.3, -0.25) is 9.59 Å². The maximum atomic E-state index is 11.8. The molecule has 4 atom stereocenters. The lowest BCUT2D eigenvalue weighted by Crippen LogP contribution is -2.46. The van der Waals surface area contributed by atoms with Gasteiger partial charge in [-0.25, -0.2) is 4.98 Å². The Labute approximate surface area is 120 Å². The highest BCUT2D eigenvalue weighted by Gasteiger charge is 2.50. The lowest BCUT2D eigenvalue weighted by molar-refractivity contribution is -0.144. The van der Waals surface area contributed by atoms with Crippen LogP contribution in [0.1, 0.15) is 19.3 Å². The third-order valence-electron chi connectivity index (χ3n) is 4.38. The highest BCUT2D eigenvalue weighted by atomic mass is 32.1. The molecule has 4 unspecified atom stereocenters. The van der Waals surface area contributed by atoms with Crippen molar-refractivity contribution in [2.75, 3.05) is 11.9 Å². The Kier molecular flexibility index (Phi) is 3.71. The molecule has 3 rings (SSSR count). The van der Waals surface area contributed by atoms with E-state index < -0.39 is 5.97 Å². The molecule has 2 aliphatic carbocycles. The quantitative estimate of drug-likeness (QED) is 0.758. The second kappa shape index (κ2) is 5.49. The molecular weight excluding hydrogens is 278 g/mol.